The second kappa shape index (κ2) is 36.4. The van der Waals surface area contributed by atoms with E-state index in [1.54, 1.807) is 0 Å². The maximum absolute atomic E-state index is 12.1. The van der Waals surface area contributed by atoms with Gasteiger partial charge in [0, 0.05) is 31.0 Å². The summed E-state index contributed by atoms with van der Waals surface area (Å²) in [5, 5.41) is 0. The molecule has 0 N–H and O–H groups in total. The first-order valence-electron chi connectivity index (χ1n) is 16.9. The van der Waals surface area contributed by atoms with Crippen LogP contribution in [0, 0.1) is 0 Å². The molecule has 0 unspecified atom stereocenters. The Bertz CT molecular complexity index is 564. The minimum absolute atomic E-state index is 0.136. The average Bonchev–Trinajstić information content (AvgIpc) is 2.98. The molecule has 0 bridgehead atoms. The van der Waals surface area contributed by atoms with E-state index >= 15 is 0 Å². The number of ketones is 1. The van der Waals surface area contributed by atoms with Gasteiger partial charge < -0.3 is 28.4 Å². The third kappa shape index (κ3) is 37.3. The van der Waals surface area contributed by atoms with Gasteiger partial charge in [-0.25, -0.2) is 4.79 Å². The minimum atomic E-state index is -0.830. The maximum Gasteiger partial charge on any atom is 0.403 e. The molecule has 8 nitrogen and oxygen atoms in total. The fourth-order valence-corrected chi connectivity index (χ4v) is 4.58. The topological polar surface area (TPSA) is 89.5 Å². The van der Waals surface area contributed by atoms with E-state index in [1.807, 2.05) is 0 Å². The quantitative estimate of drug-likeness (QED) is 0.0508. The van der Waals surface area contributed by atoms with Crippen LogP contribution in [0.2, 0.25) is 0 Å². The van der Waals surface area contributed by atoms with Crippen molar-refractivity contribution in [3.63, 3.8) is 0 Å². The lowest BCUT2D eigenvalue weighted by Crippen LogP contribution is -2.14. The molecule has 0 heterocycles. The number of halogens is 1. The molecule has 0 saturated heterocycles. The van der Waals surface area contributed by atoms with Gasteiger partial charge in [0.05, 0.1) is 59.5 Å². The lowest BCUT2D eigenvalue weighted by atomic mass is 10.0. The third-order valence-corrected chi connectivity index (χ3v) is 7.09. The number of Topliss-reactive ketones (excluding diaryl/α,β-unsaturated/α-hetero) is 1. The first-order valence-corrected chi connectivity index (χ1v) is 17.3. The Hall–Kier alpha value is -0.770. The van der Waals surface area contributed by atoms with Crippen molar-refractivity contribution >= 4 is 22.8 Å². The number of rotatable bonds is 36. The van der Waals surface area contributed by atoms with Crippen LogP contribution < -0.4 is 0 Å². The maximum atomic E-state index is 12.1. The zero-order chi connectivity index (χ0) is 30.6. The Morgan fingerprint density at radius 1 is 0.405 bits per heavy atom. The lowest BCUT2D eigenvalue weighted by Gasteiger charge is -2.08. The fourth-order valence-electron chi connectivity index (χ4n) is 4.51. The second-order valence-corrected chi connectivity index (χ2v) is 11.2. The summed E-state index contributed by atoms with van der Waals surface area (Å²) in [4.78, 5) is 22.4. The molecule has 250 valence electrons. The standard InChI is InChI=1S/C33H63ClO8/c1-2-3-4-5-6-7-8-9-10-11-12-13-14-15-16-19-32(35)20-17-18-21-37-22-23-38-24-25-39-26-27-40-28-29-41-30-31-42-33(34)36/h2-31H2,1H3. The average molecular weight is 623 g/mol. The second-order valence-electron chi connectivity index (χ2n) is 10.8. The highest BCUT2D eigenvalue weighted by Crippen LogP contribution is 2.14. The summed E-state index contributed by atoms with van der Waals surface area (Å²) in [7, 11) is 0. The SMILES string of the molecule is CCCCCCCCCCCCCCCCCC(=O)CCCCOCCOCCOCCOCCOCCOC(=O)Cl. The zero-order valence-corrected chi connectivity index (χ0v) is 27.6. The highest BCUT2D eigenvalue weighted by molar-refractivity contribution is 6.61. The van der Waals surface area contributed by atoms with Crippen molar-refractivity contribution in [3.8, 4) is 0 Å². The molecule has 0 amide bonds. The molecule has 0 aromatic rings. The summed E-state index contributed by atoms with van der Waals surface area (Å²) in [6.07, 6.45) is 23.5. The van der Waals surface area contributed by atoms with Gasteiger partial charge in [0.25, 0.3) is 0 Å². The summed E-state index contributed by atoms with van der Waals surface area (Å²) < 4.78 is 31.6. The first-order chi connectivity index (χ1) is 20.7. The fraction of sp³-hybridized carbons (Fsp3) is 0.939. The molecule has 0 aromatic heterocycles. The van der Waals surface area contributed by atoms with Crippen LogP contribution in [-0.2, 0) is 33.2 Å². The Morgan fingerprint density at radius 3 is 1.10 bits per heavy atom. The van der Waals surface area contributed by atoms with E-state index in [0.29, 0.717) is 78.3 Å². The predicted molar refractivity (Wildman–Crippen MR) is 170 cm³/mol. The van der Waals surface area contributed by atoms with E-state index in [-0.39, 0.29) is 6.61 Å². The van der Waals surface area contributed by atoms with Gasteiger partial charge in [0.2, 0.25) is 0 Å². The van der Waals surface area contributed by atoms with Crippen molar-refractivity contribution < 1.29 is 38.0 Å². The molecule has 9 heteroatoms. The normalized spacial score (nSPS) is 11.3. The highest BCUT2D eigenvalue weighted by atomic mass is 35.5. The minimum Gasteiger partial charge on any atom is -0.451 e. The van der Waals surface area contributed by atoms with Gasteiger partial charge in [0.1, 0.15) is 12.4 Å². The molecule has 0 aliphatic rings. The first kappa shape index (κ1) is 41.2. The Morgan fingerprint density at radius 2 is 0.714 bits per heavy atom. The smallest absolute Gasteiger partial charge is 0.403 e. The largest absolute Gasteiger partial charge is 0.451 e. The lowest BCUT2D eigenvalue weighted by molar-refractivity contribution is -0.119. The van der Waals surface area contributed by atoms with Gasteiger partial charge in [-0.3, -0.25) is 4.79 Å². The molecule has 0 spiro atoms. The summed E-state index contributed by atoms with van der Waals surface area (Å²) in [5.41, 5.74) is -0.830. The van der Waals surface area contributed by atoms with Crippen molar-refractivity contribution in [3.05, 3.63) is 0 Å². The van der Waals surface area contributed by atoms with Gasteiger partial charge in [-0.2, -0.15) is 0 Å². The van der Waals surface area contributed by atoms with Crippen molar-refractivity contribution in [2.75, 3.05) is 72.7 Å². The molecular weight excluding hydrogens is 560 g/mol. The summed E-state index contributed by atoms with van der Waals surface area (Å²) in [5.74, 6) is 0.402. The van der Waals surface area contributed by atoms with Crippen LogP contribution >= 0.6 is 11.6 Å². The van der Waals surface area contributed by atoms with Crippen LogP contribution in [0.4, 0.5) is 4.79 Å². The molecule has 0 rings (SSSR count). The number of hydrogen-bond donors (Lipinski definition) is 0. The van der Waals surface area contributed by atoms with Crippen LogP contribution in [-0.4, -0.2) is 83.9 Å². The molecule has 0 aromatic carbocycles. The van der Waals surface area contributed by atoms with Gasteiger partial charge in [-0.15, -0.1) is 0 Å². The van der Waals surface area contributed by atoms with Gasteiger partial charge in [-0.1, -0.05) is 96.8 Å². The number of hydrogen-bond acceptors (Lipinski definition) is 8. The number of unbranched alkanes of at least 4 members (excludes halogenated alkanes) is 15. The number of ether oxygens (including phenoxy) is 6. The molecular formula is C33H63ClO8. The van der Waals surface area contributed by atoms with Crippen molar-refractivity contribution in [2.45, 2.75) is 129 Å². The summed E-state index contributed by atoms with van der Waals surface area (Å²) >= 11 is 5.03. The van der Waals surface area contributed by atoms with Crippen molar-refractivity contribution in [2.24, 2.45) is 0 Å². The van der Waals surface area contributed by atoms with Crippen molar-refractivity contribution in [1.29, 1.82) is 0 Å². The van der Waals surface area contributed by atoms with Gasteiger partial charge in [-0.05, 0) is 19.3 Å². The van der Waals surface area contributed by atoms with Crippen LogP contribution in [0.5, 0.6) is 0 Å². The van der Waals surface area contributed by atoms with E-state index in [1.165, 1.54) is 89.9 Å². The van der Waals surface area contributed by atoms with E-state index < -0.39 is 5.43 Å². The number of carbonyl (C=O) groups is 2. The molecule has 0 saturated carbocycles. The number of carbonyl (C=O) groups excluding carboxylic acids is 2. The van der Waals surface area contributed by atoms with Crippen LogP contribution in [0.15, 0.2) is 0 Å². The molecule has 0 aliphatic heterocycles. The van der Waals surface area contributed by atoms with E-state index in [4.69, 9.17) is 35.3 Å². The molecule has 0 aliphatic carbocycles. The highest BCUT2D eigenvalue weighted by Gasteiger charge is 2.02. The summed E-state index contributed by atoms with van der Waals surface area (Å²) in [6, 6.07) is 0. The van der Waals surface area contributed by atoms with Crippen LogP contribution in [0.25, 0.3) is 0 Å². The van der Waals surface area contributed by atoms with Crippen LogP contribution in [0.1, 0.15) is 129 Å². The Labute approximate surface area is 262 Å². The van der Waals surface area contributed by atoms with E-state index in [0.717, 1.165) is 25.7 Å². The molecule has 0 fully saturated rings. The predicted octanol–water partition coefficient (Wildman–Crippen LogP) is 8.45. The van der Waals surface area contributed by atoms with E-state index in [2.05, 4.69) is 11.7 Å². The molecule has 42 heavy (non-hydrogen) atoms. The zero-order valence-electron chi connectivity index (χ0n) is 26.9. The van der Waals surface area contributed by atoms with Gasteiger partial charge in [0.15, 0.2) is 0 Å². The van der Waals surface area contributed by atoms with Crippen molar-refractivity contribution in [1.82, 2.24) is 0 Å². The molecule has 0 radical (unpaired) electrons. The van der Waals surface area contributed by atoms with Gasteiger partial charge >= 0.3 is 5.43 Å². The Balaban J connectivity index is 3.15. The summed E-state index contributed by atoms with van der Waals surface area (Å²) in [6.45, 7) is 7.31. The third-order valence-electron chi connectivity index (χ3n) is 6.98. The Kier molecular flexibility index (Phi) is 35.8. The van der Waals surface area contributed by atoms with Crippen LogP contribution in [0.3, 0.4) is 0 Å². The van der Waals surface area contributed by atoms with E-state index in [9.17, 15) is 9.59 Å². The monoisotopic (exact) mass is 622 g/mol. The molecule has 0 atom stereocenters.